The van der Waals surface area contributed by atoms with Crippen molar-refractivity contribution in [1.82, 2.24) is 0 Å². The number of aliphatic hydroxyl groups excluding tert-OH is 2. The van der Waals surface area contributed by atoms with E-state index in [0.29, 0.717) is 30.1 Å². The van der Waals surface area contributed by atoms with E-state index in [4.69, 9.17) is 0 Å². The number of aliphatic hydroxyl groups is 3. The van der Waals surface area contributed by atoms with E-state index in [1.165, 1.54) is 38.5 Å². The summed E-state index contributed by atoms with van der Waals surface area (Å²) in [6, 6.07) is 0. The molecule has 3 nitrogen and oxygen atoms in total. The summed E-state index contributed by atoms with van der Waals surface area (Å²) in [6.07, 6.45) is 13.9. The van der Waals surface area contributed by atoms with Crippen LogP contribution in [0, 0.1) is 23.2 Å². The van der Waals surface area contributed by atoms with Crippen LogP contribution in [-0.4, -0.2) is 70.9 Å². The van der Waals surface area contributed by atoms with E-state index in [1.54, 1.807) is 5.57 Å². The number of allylic oxidation sites excluding steroid dienone is 3. The Labute approximate surface area is 223 Å². The largest absolute Gasteiger partial charge is 2.00 e. The first-order chi connectivity index (χ1) is 14.0. The number of hydrogen-bond donors (Lipinski definition) is 3. The summed E-state index contributed by atoms with van der Waals surface area (Å²) in [7, 11) is 0. The Hall–Kier alpha value is 0.360. The van der Waals surface area contributed by atoms with Gasteiger partial charge in [0.05, 0.1) is 17.8 Å². The molecule has 0 aromatic rings. The molecule has 0 aromatic carbocycles. The van der Waals surface area contributed by atoms with Gasteiger partial charge in [-0.3, -0.25) is 0 Å². The van der Waals surface area contributed by atoms with Gasteiger partial charge in [-0.1, -0.05) is 51.0 Å². The van der Waals surface area contributed by atoms with E-state index < -0.39 is 17.8 Å². The van der Waals surface area contributed by atoms with Crippen LogP contribution in [0.4, 0.5) is 0 Å². The van der Waals surface area contributed by atoms with Crippen molar-refractivity contribution in [3.63, 3.8) is 0 Å². The minimum atomic E-state index is -0.615. The van der Waals surface area contributed by atoms with E-state index in [2.05, 4.69) is 32.6 Å². The molecule has 3 aliphatic carbocycles. The second kappa shape index (κ2) is 11.2. The molecule has 0 bridgehead atoms. The van der Waals surface area contributed by atoms with E-state index in [-0.39, 0.29) is 40.6 Å². The molecule has 0 aliphatic heterocycles. The van der Waals surface area contributed by atoms with Gasteiger partial charge in [-0.2, -0.15) is 0 Å². The molecule has 0 saturated heterocycles. The van der Waals surface area contributed by atoms with Gasteiger partial charge >= 0.3 is 37.7 Å². The zero-order valence-electron chi connectivity index (χ0n) is 22.4. The third-order valence-corrected chi connectivity index (χ3v) is 8.44. The molecule has 3 N–H and O–H groups in total. The molecule has 3 saturated carbocycles. The Morgan fingerprint density at radius 1 is 1.26 bits per heavy atom. The van der Waals surface area contributed by atoms with E-state index >= 15 is 0 Å². The predicted molar refractivity (Wildman–Crippen MR) is 132 cm³/mol. The maximum atomic E-state index is 10.1. The fourth-order valence-corrected chi connectivity index (χ4v) is 6.74. The van der Waals surface area contributed by atoms with Gasteiger partial charge in [0.15, 0.2) is 0 Å². The molecule has 0 aromatic heterocycles. The van der Waals surface area contributed by atoms with Gasteiger partial charge in [0.2, 0.25) is 0 Å². The van der Waals surface area contributed by atoms with Crippen molar-refractivity contribution >= 4 is 37.7 Å². The van der Waals surface area contributed by atoms with Crippen molar-refractivity contribution in [2.45, 2.75) is 110 Å². The molecule has 0 heterocycles. The van der Waals surface area contributed by atoms with Crippen LogP contribution in [0.25, 0.3) is 0 Å². The molecular weight excluding hydrogens is 412 g/mol. The number of fused-ring (bicyclic) bond motifs is 1. The molecule has 31 heavy (non-hydrogen) atoms. The summed E-state index contributed by atoms with van der Waals surface area (Å²) in [5, 5.41) is 30.2. The standard InChI is InChI=1S/C27H44O3.Ca.2H/c1-18(8-6-14-26(3,4)30)23-12-13-24-20(9-7-15-27(23,24)5)10-11-21-16-22(28)17-25(29)19(21)2;;;/h10-11,18,22-25,28-30H,2,6-9,12-17H2,1,3-5H3;;;/q;+2;2*-1/b20-10+,21-11-;;;/t18-,22-,23-,24+,25+,27-;;;/m1.../s1. The van der Waals surface area contributed by atoms with Crippen LogP contribution in [0.1, 0.15) is 94.8 Å². The van der Waals surface area contributed by atoms with Crippen molar-refractivity contribution < 1.29 is 18.2 Å². The van der Waals surface area contributed by atoms with Crippen molar-refractivity contribution in [2.75, 3.05) is 0 Å². The molecule has 0 amide bonds. The Kier molecular flexibility index (Phi) is 9.96. The first-order valence-corrected chi connectivity index (χ1v) is 12.2. The molecule has 3 rings (SSSR count). The molecule has 0 radical (unpaired) electrons. The average Bonchev–Trinajstić information content (AvgIpc) is 3.00. The first kappa shape index (κ1) is 27.6. The normalized spacial score (nSPS) is 37.6. The molecule has 174 valence electrons. The smallest absolute Gasteiger partial charge is 1.00 e. The summed E-state index contributed by atoms with van der Waals surface area (Å²) < 4.78 is 0. The first-order valence-electron chi connectivity index (χ1n) is 12.2. The zero-order valence-corrected chi connectivity index (χ0v) is 22.6. The second-order valence-corrected chi connectivity index (χ2v) is 11.3. The van der Waals surface area contributed by atoms with Gasteiger partial charge < -0.3 is 18.2 Å². The molecular formula is C27H46CaO3. The fraction of sp³-hybridized carbons (Fsp3) is 0.778. The van der Waals surface area contributed by atoms with Gasteiger partial charge in [-0.15, -0.1) is 0 Å². The van der Waals surface area contributed by atoms with Crippen molar-refractivity contribution in [3.8, 4) is 0 Å². The minimum Gasteiger partial charge on any atom is -1.00 e. The van der Waals surface area contributed by atoms with E-state index in [0.717, 1.165) is 29.9 Å². The average molecular weight is 459 g/mol. The van der Waals surface area contributed by atoms with Crippen LogP contribution in [0.2, 0.25) is 0 Å². The maximum absolute atomic E-state index is 10.1. The Morgan fingerprint density at radius 3 is 2.65 bits per heavy atom. The zero-order chi connectivity index (χ0) is 22.1. The molecule has 6 atom stereocenters. The SMILES string of the molecule is C=C1/C(=C\C=C2/CCC[C@]3(C)[C@@H]([C@H](C)CCCC(C)(C)O)CC[C@@H]23)C[C@@H](O)C[C@@H]1O.[Ca+2].[H-].[H-]. The molecule has 0 spiro atoms. The third kappa shape index (κ3) is 6.70. The number of hydrogen-bond acceptors (Lipinski definition) is 3. The fourth-order valence-electron chi connectivity index (χ4n) is 6.74. The molecule has 4 heteroatoms. The summed E-state index contributed by atoms with van der Waals surface area (Å²) in [5.74, 6) is 2.11. The third-order valence-electron chi connectivity index (χ3n) is 8.44. The second-order valence-electron chi connectivity index (χ2n) is 11.3. The molecule has 3 aliphatic rings. The Balaban J connectivity index is 0.00000341. The van der Waals surface area contributed by atoms with E-state index in [9.17, 15) is 15.3 Å². The van der Waals surface area contributed by atoms with Crippen molar-refractivity contribution in [3.05, 3.63) is 35.5 Å². The summed E-state index contributed by atoms with van der Waals surface area (Å²) in [4.78, 5) is 0. The quantitative estimate of drug-likeness (QED) is 0.457. The Bertz CT molecular complexity index is 700. The van der Waals surface area contributed by atoms with Crippen LogP contribution >= 0.6 is 0 Å². The summed E-state index contributed by atoms with van der Waals surface area (Å²) in [6.45, 7) is 12.8. The van der Waals surface area contributed by atoms with Gasteiger partial charge in [-0.25, -0.2) is 0 Å². The monoisotopic (exact) mass is 458 g/mol. The molecule has 0 unspecified atom stereocenters. The van der Waals surface area contributed by atoms with Gasteiger partial charge in [-0.05, 0) is 93.1 Å². The van der Waals surface area contributed by atoms with Crippen LogP contribution in [-0.2, 0) is 0 Å². The van der Waals surface area contributed by atoms with Gasteiger partial charge in [0.25, 0.3) is 0 Å². The van der Waals surface area contributed by atoms with Crippen LogP contribution in [0.15, 0.2) is 35.5 Å². The van der Waals surface area contributed by atoms with E-state index in [1.807, 2.05) is 13.8 Å². The summed E-state index contributed by atoms with van der Waals surface area (Å²) >= 11 is 0. The summed E-state index contributed by atoms with van der Waals surface area (Å²) in [5.41, 5.74) is 3.17. The Morgan fingerprint density at radius 2 is 1.97 bits per heavy atom. The van der Waals surface area contributed by atoms with Gasteiger partial charge in [0, 0.05) is 6.42 Å². The minimum absolute atomic E-state index is 0. The van der Waals surface area contributed by atoms with Crippen molar-refractivity contribution in [1.29, 1.82) is 0 Å². The van der Waals surface area contributed by atoms with Crippen LogP contribution < -0.4 is 0 Å². The predicted octanol–water partition coefficient (Wildman–Crippen LogP) is 5.55. The maximum Gasteiger partial charge on any atom is 2.00 e. The van der Waals surface area contributed by atoms with Crippen molar-refractivity contribution in [2.24, 2.45) is 23.2 Å². The van der Waals surface area contributed by atoms with Gasteiger partial charge in [0.1, 0.15) is 0 Å². The van der Waals surface area contributed by atoms with Crippen LogP contribution in [0.3, 0.4) is 0 Å². The number of rotatable bonds is 6. The van der Waals surface area contributed by atoms with Crippen LogP contribution in [0.5, 0.6) is 0 Å². The topological polar surface area (TPSA) is 60.7 Å². The molecule has 3 fully saturated rings.